The normalized spacial score (nSPS) is 24.7. The number of piperidine rings is 1. The first-order valence-electron chi connectivity index (χ1n) is 8.11. The lowest BCUT2D eigenvalue weighted by atomic mass is 9.99. The van der Waals surface area contributed by atoms with Gasteiger partial charge in [-0.15, -0.1) is 10.2 Å². The van der Waals surface area contributed by atoms with E-state index in [1.54, 1.807) is 0 Å². The smallest absolute Gasteiger partial charge is 0.345 e. The van der Waals surface area contributed by atoms with Crippen LogP contribution in [0.3, 0.4) is 0 Å². The summed E-state index contributed by atoms with van der Waals surface area (Å²) in [5.74, 6) is 0.689. The maximum atomic E-state index is 12.6. The number of aromatic nitrogens is 2. The topological polar surface area (TPSA) is 44.3 Å². The molecule has 2 saturated heterocycles. The molecule has 0 spiro atoms. The summed E-state index contributed by atoms with van der Waals surface area (Å²) in [6.07, 6.45) is -0.961. The maximum absolute atomic E-state index is 12.6. The molecule has 0 aromatic carbocycles. The third-order valence-electron chi connectivity index (χ3n) is 4.43. The number of hydrogen-bond acceptors (Lipinski definition) is 6. The van der Waals surface area contributed by atoms with Crippen molar-refractivity contribution in [2.24, 2.45) is 5.92 Å². The molecule has 2 fully saturated rings. The van der Waals surface area contributed by atoms with E-state index in [4.69, 9.17) is 0 Å². The SMILES string of the molecule is FC(F)(F)c1nnc(N2CCCN(CC3CCCNC3)CC2)s1. The quantitative estimate of drug-likeness (QED) is 0.905. The molecule has 1 atom stereocenters. The van der Waals surface area contributed by atoms with E-state index in [9.17, 15) is 13.2 Å². The van der Waals surface area contributed by atoms with E-state index < -0.39 is 11.2 Å². The van der Waals surface area contributed by atoms with Crippen molar-refractivity contribution >= 4 is 16.5 Å². The second-order valence-electron chi connectivity index (χ2n) is 6.24. The van der Waals surface area contributed by atoms with Gasteiger partial charge in [0.15, 0.2) is 0 Å². The van der Waals surface area contributed by atoms with Crippen LogP contribution in [0, 0.1) is 5.92 Å². The highest BCUT2D eigenvalue weighted by Crippen LogP contribution is 2.34. The molecule has 1 aromatic heterocycles. The van der Waals surface area contributed by atoms with Gasteiger partial charge in [0, 0.05) is 26.2 Å². The molecule has 1 unspecified atom stereocenters. The average molecular weight is 349 g/mol. The predicted molar refractivity (Wildman–Crippen MR) is 83.8 cm³/mol. The van der Waals surface area contributed by atoms with E-state index in [2.05, 4.69) is 20.4 Å². The highest BCUT2D eigenvalue weighted by molar-refractivity contribution is 7.15. The van der Waals surface area contributed by atoms with Gasteiger partial charge in [-0.05, 0) is 44.8 Å². The lowest BCUT2D eigenvalue weighted by Gasteiger charge is -2.29. The number of nitrogens with zero attached hydrogens (tertiary/aromatic N) is 4. The fourth-order valence-electron chi connectivity index (χ4n) is 3.25. The van der Waals surface area contributed by atoms with Crippen molar-refractivity contribution in [2.75, 3.05) is 50.7 Å². The van der Waals surface area contributed by atoms with Gasteiger partial charge in [0.2, 0.25) is 10.1 Å². The Labute approximate surface area is 137 Å². The van der Waals surface area contributed by atoms with E-state index >= 15 is 0 Å². The van der Waals surface area contributed by atoms with Crippen molar-refractivity contribution in [3.8, 4) is 0 Å². The minimum absolute atomic E-state index is 0.388. The van der Waals surface area contributed by atoms with E-state index in [-0.39, 0.29) is 0 Å². The van der Waals surface area contributed by atoms with E-state index in [0.717, 1.165) is 45.7 Å². The lowest BCUT2D eigenvalue weighted by Crippen LogP contribution is -2.39. The van der Waals surface area contributed by atoms with Gasteiger partial charge in [-0.3, -0.25) is 0 Å². The summed E-state index contributed by atoms with van der Waals surface area (Å²) >= 11 is 0.643. The summed E-state index contributed by atoms with van der Waals surface area (Å²) < 4.78 is 37.9. The van der Waals surface area contributed by atoms with Crippen LogP contribution < -0.4 is 10.2 Å². The molecule has 1 N–H and O–H groups in total. The van der Waals surface area contributed by atoms with Crippen LogP contribution in [0.4, 0.5) is 18.3 Å². The van der Waals surface area contributed by atoms with Crippen molar-refractivity contribution in [2.45, 2.75) is 25.4 Å². The minimum atomic E-state index is -4.40. The molecule has 0 bridgehead atoms. The molecular weight excluding hydrogens is 327 g/mol. The van der Waals surface area contributed by atoms with E-state index in [1.165, 1.54) is 12.8 Å². The van der Waals surface area contributed by atoms with Gasteiger partial charge in [-0.1, -0.05) is 11.3 Å². The lowest BCUT2D eigenvalue weighted by molar-refractivity contribution is -0.138. The van der Waals surface area contributed by atoms with Gasteiger partial charge < -0.3 is 15.1 Å². The molecule has 3 rings (SSSR count). The summed E-state index contributed by atoms with van der Waals surface area (Å²) in [6.45, 7) is 6.59. The molecule has 0 aliphatic carbocycles. The first-order valence-corrected chi connectivity index (χ1v) is 8.93. The van der Waals surface area contributed by atoms with Gasteiger partial charge in [-0.25, -0.2) is 0 Å². The molecule has 2 aliphatic rings. The Bertz CT molecular complexity index is 501. The van der Waals surface area contributed by atoms with Crippen LogP contribution in [-0.2, 0) is 6.18 Å². The molecule has 9 heteroatoms. The van der Waals surface area contributed by atoms with Crippen molar-refractivity contribution in [3.63, 3.8) is 0 Å². The molecule has 0 radical (unpaired) electrons. The monoisotopic (exact) mass is 349 g/mol. The fourth-order valence-corrected chi connectivity index (χ4v) is 4.01. The Morgan fingerprint density at radius 1 is 1.13 bits per heavy atom. The van der Waals surface area contributed by atoms with Crippen molar-refractivity contribution in [3.05, 3.63) is 5.01 Å². The summed E-state index contributed by atoms with van der Waals surface area (Å²) in [4.78, 5) is 4.37. The second kappa shape index (κ2) is 7.31. The molecular formula is C14H22F3N5S. The molecule has 2 aliphatic heterocycles. The van der Waals surface area contributed by atoms with Crippen LogP contribution in [0.25, 0.3) is 0 Å². The van der Waals surface area contributed by atoms with Gasteiger partial charge in [-0.2, -0.15) is 13.2 Å². The summed E-state index contributed by atoms with van der Waals surface area (Å²) in [5.41, 5.74) is 0. The summed E-state index contributed by atoms with van der Waals surface area (Å²) in [7, 11) is 0. The molecule has 0 saturated carbocycles. The zero-order valence-electron chi connectivity index (χ0n) is 13.0. The zero-order chi connectivity index (χ0) is 16.3. The molecule has 1 aromatic rings. The zero-order valence-corrected chi connectivity index (χ0v) is 13.8. The van der Waals surface area contributed by atoms with Gasteiger partial charge in [0.05, 0.1) is 0 Å². The van der Waals surface area contributed by atoms with E-state index in [0.29, 0.717) is 28.9 Å². The first kappa shape index (κ1) is 16.9. The van der Waals surface area contributed by atoms with Crippen molar-refractivity contribution in [1.82, 2.24) is 20.4 Å². The fraction of sp³-hybridized carbons (Fsp3) is 0.857. The van der Waals surface area contributed by atoms with Crippen molar-refractivity contribution < 1.29 is 13.2 Å². The van der Waals surface area contributed by atoms with Gasteiger partial charge >= 0.3 is 6.18 Å². The summed E-state index contributed by atoms with van der Waals surface area (Å²) in [6, 6.07) is 0. The van der Waals surface area contributed by atoms with Crippen LogP contribution in [0.2, 0.25) is 0 Å². The third-order valence-corrected chi connectivity index (χ3v) is 5.46. The highest BCUT2D eigenvalue weighted by Gasteiger charge is 2.36. The van der Waals surface area contributed by atoms with Crippen LogP contribution in [0.5, 0.6) is 0 Å². The number of hydrogen-bond donors (Lipinski definition) is 1. The number of anilines is 1. The second-order valence-corrected chi connectivity index (χ2v) is 7.20. The Morgan fingerprint density at radius 2 is 2.00 bits per heavy atom. The van der Waals surface area contributed by atoms with Crippen LogP contribution in [0.1, 0.15) is 24.3 Å². The van der Waals surface area contributed by atoms with Gasteiger partial charge in [0.25, 0.3) is 0 Å². The first-order chi connectivity index (χ1) is 11.0. The number of rotatable bonds is 3. The Kier molecular flexibility index (Phi) is 5.38. The Morgan fingerprint density at radius 3 is 2.70 bits per heavy atom. The van der Waals surface area contributed by atoms with Gasteiger partial charge in [0.1, 0.15) is 0 Å². The molecule has 3 heterocycles. The maximum Gasteiger partial charge on any atom is 0.445 e. The third kappa shape index (κ3) is 4.54. The predicted octanol–water partition coefficient (Wildman–Crippen LogP) is 2.07. The Balaban J connectivity index is 1.54. The standard InChI is InChI=1S/C14H22F3N5S/c15-14(16,17)12-19-20-13(23-12)22-6-2-5-21(7-8-22)10-11-3-1-4-18-9-11/h11,18H,1-10H2. The average Bonchev–Trinajstić information content (AvgIpc) is 2.91. The number of halogens is 3. The summed E-state index contributed by atoms with van der Waals surface area (Å²) in [5, 5.41) is 9.98. The largest absolute Gasteiger partial charge is 0.445 e. The molecule has 130 valence electrons. The van der Waals surface area contributed by atoms with Crippen molar-refractivity contribution in [1.29, 1.82) is 0 Å². The minimum Gasteiger partial charge on any atom is -0.345 e. The molecule has 0 amide bonds. The number of nitrogens with one attached hydrogen (secondary N) is 1. The van der Waals surface area contributed by atoms with Crippen LogP contribution >= 0.6 is 11.3 Å². The molecule has 5 nitrogen and oxygen atoms in total. The van der Waals surface area contributed by atoms with Crippen LogP contribution in [-0.4, -0.2) is 60.9 Å². The number of alkyl halides is 3. The Hall–Kier alpha value is -0.930. The molecule has 23 heavy (non-hydrogen) atoms. The van der Waals surface area contributed by atoms with E-state index in [1.807, 2.05) is 4.90 Å². The highest BCUT2D eigenvalue weighted by atomic mass is 32.1. The van der Waals surface area contributed by atoms with Crippen LogP contribution in [0.15, 0.2) is 0 Å².